The summed E-state index contributed by atoms with van der Waals surface area (Å²) in [6.45, 7) is 0.588. The molecule has 92 valence electrons. The van der Waals surface area contributed by atoms with Gasteiger partial charge in [0.15, 0.2) is 5.54 Å². The SMILES string of the molecule is O=C1NC2(C(=O)Nc3ccccc32)C2CNNC12. The van der Waals surface area contributed by atoms with E-state index in [4.69, 9.17) is 0 Å². The Bertz CT molecular complexity index is 573. The second-order valence-electron chi connectivity index (χ2n) is 4.91. The number of carbonyl (C=O) groups is 2. The molecule has 3 aliphatic heterocycles. The molecule has 0 saturated carbocycles. The molecule has 0 radical (unpaired) electrons. The molecular formula is C12H12N4O2. The van der Waals surface area contributed by atoms with Crippen molar-refractivity contribution in [3.8, 4) is 0 Å². The minimum absolute atomic E-state index is 0.103. The predicted octanol–water partition coefficient (Wildman–Crippen LogP) is -0.944. The van der Waals surface area contributed by atoms with Crippen LogP contribution in [-0.4, -0.2) is 24.4 Å². The number of anilines is 1. The first-order valence-corrected chi connectivity index (χ1v) is 5.95. The van der Waals surface area contributed by atoms with Gasteiger partial charge in [0.25, 0.3) is 5.91 Å². The van der Waals surface area contributed by atoms with Gasteiger partial charge < -0.3 is 10.6 Å². The molecule has 1 aromatic rings. The Hall–Kier alpha value is -1.92. The van der Waals surface area contributed by atoms with Crippen molar-refractivity contribution < 1.29 is 9.59 Å². The summed E-state index contributed by atoms with van der Waals surface area (Å²) < 4.78 is 0. The van der Waals surface area contributed by atoms with Gasteiger partial charge in [-0.1, -0.05) is 18.2 Å². The molecule has 1 aromatic carbocycles. The van der Waals surface area contributed by atoms with Crippen molar-refractivity contribution in [3.05, 3.63) is 29.8 Å². The maximum Gasteiger partial charge on any atom is 0.255 e. The number of hydrogen-bond acceptors (Lipinski definition) is 4. The van der Waals surface area contributed by atoms with Crippen molar-refractivity contribution >= 4 is 17.5 Å². The summed E-state index contributed by atoms with van der Waals surface area (Å²) in [6, 6.07) is 7.17. The van der Waals surface area contributed by atoms with E-state index >= 15 is 0 Å². The van der Waals surface area contributed by atoms with Gasteiger partial charge in [0.2, 0.25) is 5.91 Å². The molecule has 0 aromatic heterocycles. The molecule has 3 atom stereocenters. The lowest BCUT2D eigenvalue weighted by atomic mass is 9.79. The van der Waals surface area contributed by atoms with Crippen LogP contribution < -0.4 is 21.5 Å². The molecule has 2 fully saturated rings. The van der Waals surface area contributed by atoms with Crippen LogP contribution in [0.1, 0.15) is 5.56 Å². The fourth-order valence-electron chi connectivity index (χ4n) is 3.28. The van der Waals surface area contributed by atoms with Crippen LogP contribution in [0.3, 0.4) is 0 Å². The summed E-state index contributed by atoms with van der Waals surface area (Å²) >= 11 is 0. The van der Waals surface area contributed by atoms with Crippen molar-refractivity contribution in [1.82, 2.24) is 16.2 Å². The zero-order valence-corrected chi connectivity index (χ0v) is 9.49. The highest BCUT2D eigenvalue weighted by molar-refractivity contribution is 6.10. The Balaban J connectivity index is 1.93. The second kappa shape index (κ2) is 3.09. The molecule has 1 spiro atoms. The normalized spacial score (nSPS) is 36.4. The third-order valence-electron chi connectivity index (χ3n) is 4.10. The molecule has 0 bridgehead atoms. The Morgan fingerprint density at radius 2 is 2.06 bits per heavy atom. The highest BCUT2D eigenvalue weighted by Crippen LogP contribution is 2.45. The number of nitrogens with one attached hydrogen (secondary N) is 4. The monoisotopic (exact) mass is 244 g/mol. The van der Waals surface area contributed by atoms with Gasteiger partial charge in [0, 0.05) is 23.7 Å². The number of carbonyl (C=O) groups excluding carboxylic acids is 2. The number of amides is 2. The molecular weight excluding hydrogens is 232 g/mol. The number of hydrogen-bond donors (Lipinski definition) is 4. The van der Waals surface area contributed by atoms with Crippen LogP contribution >= 0.6 is 0 Å². The van der Waals surface area contributed by atoms with Crippen LogP contribution in [-0.2, 0) is 15.1 Å². The van der Waals surface area contributed by atoms with Crippen LogP contribution in [0.15, 0.2) is 24.3 Å². The quantitative estimate of drug-likeness (QED) is 0.474. The fraction of sp³-hybridized carbons (Fsp3) is 0.333. The summed E-state index contributed by atoms with van der Waals surface area (Å²) in [5.41, 5.74) is 6.62. The Morgan fingerprint density at radius 3 is 2.94 bits per heavy atom. The van der Waals surface area contributed by atoms with Crippen LogP contribution in [0.25, 0.3) is 0 Å². The minimum Gasteiger partial charge on any atom is -0.336 e. The van der Waals surface area contributed by atoms with Gasteiger partial charge in [-0.05, 0) is 6.07 Å². The molecule has 4 rings (SSSR count). The van der Waals surface area contributed by atoms with Crippen molar-refractivity contribution in [1.29, 1.82) is 0 Å². The van der Waals surface area contributed by atoms with E-state index in [2.05, 4.69) is 21.5 Å². The van der Waals surface area contributed by atoms with Gasteiger partial charge in [-0.15, -0.1) is 0 Å². The predicted molar refractivity (Wildman–Crippen MR) is 63.3 cm³/mol. The van der Waals surface area contributed by atoms with E-state index in [9.17, 15) is 9.59 Å². The van der Waals surface area contributed by atoms with Gasteiger partial charge in [0.05, 0.1) is 0 Å². The number of benzene rings is 1. The van der Waals surface area contributed by atoms with E-state index < -0.39 is 5.54 Å². The van der Waals surface area contributed by atoms with Crippen molar-refractivity contribution in [3.63, 3.8) is 0 Å². The van der Waals surface area contributed by atoms with Gasteiger partial charge in [-0.2, -0.15) is 0 Å². The number of rotatable bonds is 0. The van der Waals surface area contributed by atoms with Crippen LogP contribution in [0.4, 0.5) is 5.69 Å². The zero-order chi connectivity index (χ0) is 12.3. The van der Waals surface area contributed by atoms with E-state index in [0.29, 0.717) is 6.54 Å². The average Bonchev–Trinajstić information content (AvgIpc) is 3.00. The standard InChI is InChI=1S/C12H12N4O2/c17-10-9-7(5-13-16-9)12(15-10)6-3-1-2-4-8(6)14-11(12)18/h1-4,7,9,13,16H,5H2,(H,14,18)(H,15,17). The molecule has 0 aliphatic carbocycles. The van der Waals surface area contributed by atoms with E-state index in [0.717, 1.165) is 11.3 Å². The fourth-order valence-corrected chi connectivity index (χ4v) is 3.28. The summed E-state index contributed by atoms with van der Waals surface area (Å²) in [6.07, 6.45) is 0. The zero-order valence-electron chi connectivity index (χ0n) is 9.49. The Labute approximate surface area is 103 Å². The van der Waals surface area contributed by atoms with Crippen molar-refractivity contribution in [2.24, 2.45) is 5.92 Å². The molecule has 18 heavy (non-hydrogen) atoms. The minimum atomic E-state index is -0.922. The lowest BCUT2D eigenvalue weighted by Crippen LogP contribution is -2.50. The third-order valence-corrected chi connectivity index (χ3v) is 4.10. The first kappa shape index (κ1) is 10.0. The lowest BCUT2D eigenvalue weighted by molar-refractivity contribution is -0.127. The third kappa shape index (κ3) is 0.960. The highest BCUT2D eigenvalue weighted by Gasteiger charge is 2.63. The molecule has 2 saturated heterocycles. The number of fused-ring (bicyclic) bond motifs is 4. The van der Waals surface area contributed by atoms with Crippen molar-refractivity contribution in [2.45, 2.75) is 11.6 Å². The summed E-state index contributed by atoms with van der Waals surface area (Å²) in [4.78, 5) is 24.3. The largest absolute Gasteiger partial charge is 0.336 e. The molecule has 3 aliphatic rings. The highest BCUT2D eigenvalue weighted by atomic mass is 16.2. The van der Waals surface area contributed by atoms with Gasteiger partial charge in [-0.25, -0.2) is 5.43 Å². The molecule has 3 unspecified atom stereocenters. The topological polar surface area (TPSA) is 82.3 Å². The maximum absolute atomic E-state index is 12.4. The Morgan fingerprint density at radius 1 is 1.22 bits per heavy atom. The average molecular weight is 244 g/mol. The first-order valence-electron chi connectivity index (χ1n) is 5.95. The first-order chi connectivity index (χ1) is 8.73. The van der Waals surface area contributed by atoms with Crippen molar-refractivity contribution in [2.75, 3.05) is 11.9 Å². The van der Waals surface area contributed by atoms with E-state index in [1.807, 2.05) is 24.3 Å². The Kier molecular flexibility index (Phi) is 1.73. The summed E-state index contributed by atoms with van der Waals surface area (Å²) in [5.74, 6) is -0.374. The van der Waals surface area contributed by atoms with Gasteiger partial charge >= 0.3 is 0 Å². The smallest absolute Gasteiger partial charge is 0.255 e. The van der Waals surface area contributed by atoms with Crippen LogP contribution in [0.2, 0.25) is 0 Å². The van der Waals surface area contributed by atoms with Gasteiger partial charge in [0.1, 0.15) is 6.04 Å². The second-order valence-corrected chi connectivity index (χ2v) is 4.91. The lowest BCUT2D eigenvalue weighted by Gasteiger charge is -2.27. The van der Waals surface area contributed by atoms with E-state index in [1.54, 1.807) is 0 Å². The van der Waals surface area contributed by atoms with E-state index in [-0.39, 0.29) is 23.8 Å². The number of para-hydroxylation sites is 1. The van der Waals surface area contributed by atoms with E-state index in [1.165, 1.54) is 0 Å². The van der Waals surface area contributed by atoms with Gasteiger partial charge in [-0.3, -0.25) is 15.0 Å². The molecule has 6 heteroatoms. The number of hydrazine groups is 1. The molecule has 2 amide bonds. The van der Waals surface area contributed by atoms with Crippen LogP contribution in [0, 0.1) is 5.92 Å². The maximum atomic E-state index is 12.4. The summed E-state index contributed by atoms with van der Waals surface area (Å²) in [7, 11) is 0. The molecule has 6 nitrogen and oxygen atoms in total. The molecule has 3 heterocycles. The summed E-state index contributed by atoms with van der Waals surface area (Å²) in [5, 5.41) is 5.74. The molecule has 4 N–H and O–H groups in total. The van der Waals surface area contributed by atoms with Crippen LogP contribution in [0.5, 0.6) is 0 Å².